The predicted molar refractivity (Wildman–Crippen MR) is 68.0 cm³/mol. The summed E-state index contributed by atoms with van der Waals surface area (Å²) in [6.07, 6.45) is 4.37. The summed E-state index contributed by atoms with van der Waals surface area (Å²) in [6, 6.07) is 3.70. The lowest BCUT2D eigenvalue weighted by atomic mass is 10.1. The predicted octanol–water partition coefficient (Wildman–Crippen LogP) is 0.834. The molecule has 1 aromatic heterocycles. The van der Waals surface area contributed by atoms with E-state index in [0.717, 1.165) is 18.4 Å². The second-order valence-corrected chi connectivity index (χ2v) is 4.65. The Hall–Kier alpha value is -1.62. The maximum atomic E-state index is 11.7. The van der Waals surface area contributed by atoms with E-state index >= 15 is 0 Å². The van der Waals surface area contributed by atoms with Gasteiger partial charge in [0.15, 0.2) is 0 Å². The molecule has 1 atom stereocenters. The highest BCUT2D eigenvalue weighted by atomic mass is 16.5. The molecule has 1 unspecified atom stereocenters. The van der Waals surface area contributed by atoms with Crippen molar-refractivity contribution in [1.82, 2.24) is 10.3 Å². The smallest absolute Gasteiger partial charge is 0.221 e. The average Bonchev–Trinajstić information content (AvgIpc) is 3.21. The van der Waals surface area contributed by atoms with E-state index in [-0.39, 0.29) is 11.9 Å². The highest BCUT2D eigenvalue weighted by Crippen LogP contribution is 2.32. The van der Waals surface area contributed by atoms with Crippen molar-refractivity contribution in [2.24, 2.45) is 11.7 Å². The third-order valence-electron chi connectivity index (χ3n) is 3.17. The summed E-state index contributed by atoms with van der Waals surface area (Å²) in [5, 5.41) is 2.85. The summed E-state index contributed by atoms with van der Waals surface area (Å²) in [5.74, 6) is 1.08. The van der Waals surface area contributed by atoms with E-state index in [1.807, 2.05) is 12.1 Å². The van der Waals surface area contributed by atoms with Gasteiger partial charge in [0.1, 0.15) is 0 Å². The van der Waals surface area contributed by atoms with Gasteiger partial charge in [-0.25, -0.2) is 4.98 Å². The van der Waals surface area contributed by atoms with Gasteiger partial charge in [-0.05, 0) is 24.8 Å². The van der Waals surface area contributed by atoms with Crippen LogP contribution in [-0.4, -0.2) is 24.0 Å². The van der Waals surface area contributed by atoms with Crippen molar-refractivity contribution in [2.75, 3.05) is 7.11 Å². The highest BCUT2D eigenvalue weighted by Gasteiger charge is 2.29. The number of rotatable bonds is 6. The van der Waals surface area contributed by atoms with E-state index in [4.69, 9.17) is 10.5 Å². The van der Waals surface area contributed by atoms with E-state index < -0.39 is 0 Å². The number of nitrogens with one attached hydrogen (secondary N) is 1. The third-order valence-corrected chi connectivity index (χ3v) is 3.17. The van der Waals surface area contributed by atoms with Crippen LogP contribution < -0.4 is 15.8 Å². The van der Waals surface area contributed by atoms with Gasteiger partial charge in [-0.15, -0.1) is 0 Å². The van der Waals surface area contributed by atoms with Crippen molar-refractivity contribution in [2.45, 2.75) is 31.8 Å². The molecule has 5 nitrogen and oxygen atoms in total. The van der Waals surface area contributed by atoms with E-state index in [9.17, 15) is 4.79 Å². The topological polar surface area (TPSA) is 77.2 Å². The molecule has 3 N–H and O–H groups in total. The summed E-state index contributed by atoms with van der Waals surface area (Å²) in [5.41, 5.74) is 6.78. The summed E-state index contributed by atoms with van der Waals surface area (Å²) in [6.45, 7) is 0.424. The van der Waals surface area contributed by atoms with Gasteiger partial charge in [0.25, 0.3) is 0 Å². The molecule has 0 aromatic carbocycles. The van der Waals surface area contributed by atoms with Crippen LogP contribution in [0, 0.1) is 5.92 Å². The molecule has 1 fully saturated rings. The molecule has 0 spiro atoms. The molecule has 1 amide bonds. The molecule has 1 aromatic rings. The molecule has 1 aliphatic rings. The SMILES string of the molecule is COc1ncccc1CNC(=O)CC(N)C1CC1. The van der Waals surface area contributed by atoms with Gasteiger partial charge in [-0.3, -0.25) is 4.79 Å². The first-order valence-corrected chi connectivity index (χ1v) is 6.21. The Kier molecular flexibility index (Phi) is 4.15. The number of nitrogens with two attached hydrogens (primary N) is 1. The van der Waals surface area contributed by atoms with Crippen LogP contribution in [0.25, 0.3) is 0 Å². The largest absolute Gasteiger partial charge is 0.481 e. The van der Waals surface area contributed by atoms with Gasteiger partial charge in [0.2, 0.25) is 11.8 Å². The first-order chi connectivity index (χ1) is 8.70. The van der Waals surface area contributed by atoms with Crippen molar-refractivity contribution in [3.63, 3.8) is 0 Å². The Balaban J connectivity index is 1.81. The van der Waals surface area contributed by atoms with Gasteiger partial charge in [-0.1, -0.05) is 6.07 Å². The Morgan fingerprint density at radius 3 is 3.11 bits per heavy atom. The van der Waals surface area contributed by atoms with Crippen molar-refractivity contribution in [3.8, 4) is 5.88 Å². The van der Waals surface area contributed by atoms with Crippen LogP contribution in [0.2, 0.25) is 0 Å². The fourth-order valence-electron chi connectivity index (χ4n) is 1.91. The van der Waals surface area contributed by atoms with Crippen LogP contribution in [0.5, 0.6) is 5.88 Å². The van der Waals surface area contributed by atoms with Crippen molar-refractivity contribution >= 4 is 5.91 Å². The summed E-state index contributed by atoms with van der Waals surface area (Å²) in [7, 11) is 1.57. The lowest BCUT2D eigenvalue weighted by molar-refractivity contribution is -0.121. The standard InChI is InChI=1S/C13H19N3O2/c1-18-13-10(3-2-6-15-13)8-16-12(17)7-11(14)9-4-5-9/h2-3,6,9,11H,4-5,7-8,14H2,1H3,(H,16,17). The van der Waals surface area contributed by atoms with Crippen molar-refractivity contribution in [3.05, 3.63) is 23.9 Å². The zero-order valence-corrected chi connectivity index (χ0v) is 10.6. The minimum absolute atomic E-state index is 0.000735. The first kappa shape index (κ1) is 12.8. The summed E-state index contributed by atoms with van der Waals surface area (Å²) < 4.78 is 5.12. The van der Waals surface area contributed by atoms with Gasteiger partial charge < -0.3 is 15.8 Å². The number of carbonyl (C=O) groups excluding carboxylic acids is 1. The number of pyridine rings is 1. The van der Waals surface area contributed by atoms with Crippen LogP contribution in [0.15, 0.2) is 18.3 Å². The van der Waals surface area contributed by atoms with Crippen molar-refractivity contribution in [1.29, 1.82) is 0 Å². The molecule has 0 aliphatic heterocycles. The number of aromatic nitrogens is 1. The highest BCUT2D eigenvalue weighted by molar-refractivity contribution is 5.76. The van der Waals surface area contributed by atoms with Gasteiger partial charge in [0.05, 0.1) is 7.11 Å². The van der Waals surface area contributed by atoms with Gasteiger partial charge in [0, 0.05) is 30.8 Å². The lowest BCUT2D eigenvalue weighted by Gasteiger charge is -2.11. The van der Waals surface area contributed by atoms with E-state index in [1.165, 1.54) is 0 Å². The van der Waals surface area contributed by atoms with Crippen LogP contribution >= 0.6 is 0 Å². The van der Waals surface area contributed by atoms with Gasteiger partial charge >= 0.3 is 0 Å². The Labute approximate surface area is 107 Å². The lowest BCUT2D eigenvalue weighted by Crippen LogP contribution is -2.32. The number of carbonyl (C=O) groups is 1. The van der Waals surface area contributed by atoms with Crippen molar-refractivity contribution < 1.29 is 9.53 Å². The molecular formula is C13H19N3O2. The number of nitrogens with zero attached hydrogens (tertiary/aromatic N) is 1. The summed E-state index contributed by atoms with van der Waals surface area (Å²) >= 11 is 0. The fourth-order valence-corrected chi connectivity index (χ4v) is 1.91. The molecule has 1 aliphatic carbocycles. The summed E-state index contributed by atoms with van der Waals surface area (Å²) in [4.78, 5) is 15.8. The zero-order chi connectivity index (χ0) is 13.0. The average molecular weight is 249 g/mol. The Morgan fingerprint density at radius 1 is 1.67 bits per heavy atom. The number of hydrogen-bond donors (Lipinski definition) is 2. The molecule has 18 heavy (non-hydrogen) atoms. The number of amides is 1. The second-order valence-electron chi connectivity index (χ2n) is 4.65. The molecular weight excluding hydrogens is 230 g/mol. The second kappa shape index (κ2) is 5.82. The van der Waals surface area contributed by atoms with Crippen LogP contribution in [0.3, 0.4) is 0 Å². The molecule has 0 bridgehead atoms. The Bertz CT molecular complexity index is 418. The van der Waals surface area contributed by atoms with Crippen LogP contribution in [0.1, 0.15) is 24.8 Å². The normalized spacial score (nSPS) is 16.1. The monoisotopic (exact) mass is 249 g/mol. The zero-order valence-electron chi connectivity index (χ0n) is 10.6. The van der Waals surface area contributed by atoms with E-state index in [0.29, 0.717) is 24.8 Å². The van der Waals surface area contributed by atoms with Crippen LogP contribution in [-0.2, 0) is 11.3 Å². The number of hydrogen-bond acceptors (Lipinski definition) is 4. The number of methoxy groups -OCH3 is 1. The molecule has 1 saturated carbocycles. The molecule has 98 valence electrons. The maximum absolute atomic E-state index is 11.7. The number of ether oxygens (including phenoxy) is 1. The fraction of sp³-hybridized carbons (Fsp3) is 0.538. The molecule has 0 saturated heterocycles. The quantitative estimate of drug-likeness (QED) is 0.783. The van der Waals surface area contributed by atoms with Gasteiger partial charge in [-0.2, -0.15) is 0 Å². The molecule has 5 heteroatoms. The maximum Gasteiger partial charge on any atom is 0.221 e. The third kappa shape index (κ3) is 3.43. The minimum Gasteiger partial charge on any atom is -0.481 e. The first-order valence-electron chi connectivity index (χ1n) is 6.21. The molecule has 0 radical (unpaired) electrons. The van der Waals surface area contributed by atoms with E-state index in [2.05, 4.69) is 10.3 Å². The molecule has 1 heterocycles. The van der Waals surface area contributed by atoms with Crippen LogP contribution in [0.4, 0.5) is 0 Å². The molecule has 2 rings (SSSR count). The minimum atomic E-state index is -0.0136. The van der Waals surface area contributed by atoms with E-state index in [1.54, 1.807) is 13.3 Å². The Morgan fingerprint density at radius 2 is 2.44 bits per heavy atom.